The smallest absolute Gasteiger partial charge is 0.179 e. The van der Waals surface area contributed by atoms with E-state index in [2.05, 4.69) is 24.3 Å². The van der Waals surface area contributed by atoms with Crippen LogP contribution in [0, 0.1) is 0 Å². The third-order valence-corrected chi connectivity index (χ3v) is 4.78. The summed E-state index contributed by atoms with van der Waals surface area (Å²) in [6.07, 6.45) is 0. The number of benzene rings is 3. The van der Waals surface area contributed by atoms with Crippen LogP contribution in [0.4, 0.5) is 0 Å². The number of aromatic nitrogens is 3. The molecule has 0 N–H and O–H groups in total. The molecule has 134 valence electrons. The summed E-state index contributed by atoms with van der Waals surface area (Å²) in [6.45, 7) is 0. The SMILES string of the molecule is COc1ccc2nc(-c3ccc4ccccc4n3)nc(-c3ccccc3)c2c1. The van der Waals surface area contributed by atoms with Crippen molar-refractivity contribution in [3.63, 3.8) is 0 Å². The third-order valence-electron chi connectivity index (χ3n) is 4.78. The molecule has 0 radical (unpaired) electrons. The van der Waals surface area contributed by atoms with Crippen LogP contribution in [0.5, 0.6) is 5.75 Å². The number of rotatable bonds is 3. The number of fused-ring (bicyclic) bond motifs is 2. The Labute approximate surface area is 162 Å². The Kier molecular flexibility index (Phi) is 3.95. The van der Waals surface area contributed by atoms with E-state index in [4.69, 9.17) is 19.7 Å². The van der Waals surface area contributed by atoms with Crippen molar-refractivity contribution >= 4 is 21.8 Å². The van der Waals surface area contributed by atoms with Gasteiger partial charge >= 0.3 is 0 Å². The Morgan fingerprint density at radius 1 is 0.679 bits per heavy atom. The Balaban J connectivity index is 1.77. The number of hydrogen-bond acceptors (Lipinski definition) is 4. The second kappa shape index (κ2) is 6.74. The number of ether oxygens (including phenoxy) is 1. The molecule has 0 spiro atoms. The van der Waals surface area contributed by atoms with E-state index in [0.717, 1.165) is 44.5 Å². The first kappa shape index (κ1) is 16.4. The van der Waals surface area contributed by atoms with E-state index in [1.807, 2.05) is 60.7 Å². The van der Waals surface area contributed by atoms with Gasteiger partial charge in [0.2, 0.25) is 0 Å². The molecule has 0 saturated heterocycles. The van der Waals surface area contributed by atoms with Crippen molar-refractivity contribution in [2.75, 3.05) is 7.11 Å². The molecule has 2 heterocycles. The topological polar surface area (TPSA) is 47.9 Å². The highest BCUT2D eigenvalue weighted by Gasteiger charge is 2.13. The first-order valence-electron chi connectivity index (χ1n) is 9.09. The molecule has 0 aliphatic rings. The van der Waals surface area contributed by atoms with E-state index in [1.54, 1.807) is 7.11 Å². The zero-order chi connectivity index (χ0) is 18.9. The van der Waals surface area contributed by atoms with Crippen molar-refractivity contribution in [2.45, 2.75) is 0 Å². The maximum Gasteiger partial charge on any atom is 0.179 e. The van der Waals surface area contributed by atoms with Crippen molar-refractivity contribution in [2.24, 2.45) is 0 Å². The summed E-state index contributed by atoms with van der Waals surface area (Å²) in [6, 6.07) is 28.1. The van der Waals surface area contributed by atoms with E-state index in [-0.39, 0.29) is 0 Å². The van der Waals surface area contributed by atoms with Gasteiger partial charge in [0.1, 0.15) is 11.4 Å². The summed E-state index contributed by atoms with van der Waals surface area (Å²) >= 11 is 0. The predicted octanol–water partition coefficient (Wildman–Crippen LogP) is 5.52. The largest absolute Gasteiger partial charge is 0.497 e. The molecule has 0 aliphatic carbocycles. The Morgan fingerprint density at radius 2 is 1.50 bits per heavy atom. The predicted molar refractivity (Wildman–Crippen MR) is 112 cm³/mol. The quantitative estimate of drug-likeness (QED) is 0.423. The summed E-state index contributed by atoms with van der Waals surface area (Å²) < 4.78 is 5.41. The van der Waals surface area contributed by atoms with E-state index in [0.29, 0.717) is 5.82 Å². The van der Waals surface area contributed by atoms with Crippen LogP contribution in [0.3, 0.4) is 0 Å². The molecule has 0 amide bonds. The van der Waals surface area contributed by atoms with E-state index in [9.17, 15) is 0 Å². The van der Waals surface area contributed by atoms with Gasteiger partial charge in [-0.1, -0.05) is 54.6 Å². The maximum atomic E-state index is 5.41. The first-order valence-corrected chi connectivity index (χ1v) is 9.09. The lowest BCUT2D eigenvalue weighted by Gasteiger charge is -2.10. The minimum absolute atomic E-state index is 0.613. The molecule has 3 aromatic carbocycles. The summed E-state index contributed by atoms with van der Waals surface area (Å²) in [5, 5.41) is 2.05. The summed E-state index contributed by atoms with van der Waals surface area (Å²) in [5.74, 6) is 1.40. The molecule has 5 rings (SSSR count). The van der Waals surface area contributed by atoms with Crippen LogP contribution >= 0.6 is 0 Å². The van der Waals surface area contributed by atoms with Crippen molar-refractivity contribution in [3.8, 4) is 28.5 Å². The van der Waals surface area contributed by atoms with Gasteiger partial charge in [-0.3, -0.25) is 0 Å². The molecule has 0 atom stereocenters. The van der Waals surface area contributed by atoms with Crippen molar-refractivity contribution < 1.29 is 4.74 Å². The van der Waals surface area contributed by atoms with Gasteiger partial charge in [0.15, 0.2) is 5.82 Å². The molecule has 4 nitrogen and oxygen atoms in total. The molecule has 28 heavy (non-hydrogen) atoms. The lowest BCUT2D eigenvalue weighted by atomic mass is 10.1. The zero-order valence-electron chi connectivity index (χ0n) is 15.3. The lowest BCUT2D eigenvalue weighted by molar-refractivity contribution is 0.415. The molecule has 0 unspecified atom stereocenters. The number of hydrogen-bond donors (Lipinski definition) is 0. The second-order valence-electron chi connectivity index (χ2n) is 6.53. The molecule has 5 aromatic rings. The second-order valence-corrected chi connectivity index (χ2v) is 6.53. The summed E-state index contributed by atoms with van der Waals surface area (Å²) in [7, 11) is 1.66. The Hall–Kier alpha value is -3.79. The van der Waals surface area contributed by atoms with Crippen molar-refractivity contribution in [3.05, 3.63) is 84.9 Å². The van der Waals surface area contributed by atoms with Crippen LogP contribution in [0.2, 0.25) is 0 Å². The fourth-order valence-corrected chi connectivity index (χ4v) is 3.36. The van der Waals surface area contributed by atoms with Crippen LogP contribution in [0.25, 0.3) is 44.6 Å². The van der Waals surface area contributed by atoms with Crippen LogP contribution < -0.4 is 4.74 Å². The van der Waals surface area contributed by atoms with Crippen LogP contribution in [-0.4, -0.2) is 22.1 Å². The highest BCUT2D eigenvalue weighted by molar-refractivity contribution is 5.94. The van der Waals surface area contributed by atoms with Crippen molar-refractivity contribution in [1.82, 2.24) is 15.0 Å². The van der Waals surface area contributed by atoms with E-state index in [1.165, 1.54) is 0 Å². The minimum Gasteiger partial charge on any atom is -0.497 e. The number of methoxy groups -OCH3 is 1. The highest BCUT2D eigenvalue weighted by atomic mass is 16.5. The molecular weight excluding hydrogens is 346 g/mol. The fraction of sp³-hybridized carbons (Fsp3) is 0.0417. The molecular formula is C24H17N3O. The molecule has 0 aliphatic heterocycles. The molecule has 0 fully saturated rings. The number of para-hydroxylation sites is 1. The van der Waals surface area contributed by atoms with Gasteiger partial charge < -0.3 is 4.74 Å². The zero-order valence-corrected chi connectivity index (χ0v) is 15.3. The molecule has 4 heteroatoms. The number of nitrogens with zero attached hydrogens (tertiary/aromatic N) is 3. The molecule has 0 saturated carbocycles. The van der Waals surface area contributed by atoms with Gasteiger partial charge in [0.25, 0.3) is 0 Å². The molecule has 0 bridgehead atoms. The van der Waals surface area contributed by atoms with Crippen molar-refractivity contribution in [1.29, 1.82) is 0 Å². The van der Waals surface area contributed by atoms with Gasteiger partial charge in [0.05, 0.1) is 23.8 Å². The van der Waals surface area contributed by atoms with Gasteiger partial charge in [-0.15, -0.1) is 0 Å². The van der Waals surface area contributed by atoms with Gasteiger partial charge in [0, 0.05) is 16.3 Å². The van der Waals surface area contributed by atoms with Crippen LogP contribution in [0.15, 0.2) is 84.9 Å². The maximum absolute atomic E-state index is 5.41. The fourth-order valence-electron chi connectivity index (χ4n) is 3.36. The van der Waals surface area contributed by atoms with Crippen LogP contribution in [0.1, 0.15) is 0 Å². The Bertz CT molecular complexity index is 1300. The third kappa shape index (κ3) is 2.85. The lowest BCUT2D eigenvalue weighted by Crippen LogP contribution is -1.97. The normalized spacial score (nSPS) is 11.0. The van der Waals surface area contributed by atoms with Crippen LogP contribution in [-0.2, 0) is 0 Å². The Morgan fingerprint density at radius 3 is 2.36 bits per heavy atom. The minimum atomic E-state index is 0.613. The van der Waals surface area contributed by atoms with E-state index >= 15 is 0 Å². The molecule has 2 aromatic heterocycles. The number of pyridine rings is 1. The standard InChI is InChI=1S/C24H17N3O/c1-28-18-12-14-21-19(15-18)23(17-8-3-2-4-9-17)27-24(26-21)22-13-11-16-7-5-6-10-20(16)25-22/h2-15H,1H3. The summed E-state index contributed by atoms with van der Waals surface area (Å²) in [4.78, 5) is 14.5. The monoisotopic (exact) mass is 363 g/mol. The van der Waals surface area contributed by atoms with Gasteiger partial charge in [-0.2, -0.15) is 0 Å². The average molecular weight is 363 g/mol. The van der Waals surface area contributed by atoms with E-state index < -0.39 is 0 Å². The average Bonchev–Trinajstić information content (AvgIpc) is 2.78. The van der Waals surface area contributed by atoms with Gasteiger partial charge in [-0.05, 0) is 30.3 Å². The van der Waals surface area contributed by atoms with Gasteiger partial charge in [-0.25, -0.2) is 15.0 Å². The summed E-state index contributed by atoms with van der Waals surface area (Å²) in [5.41, 5.74) is 4.45. The first-order chi connectivity index (χ1) is 13.8. The highest BCUT2D eigenvalue weighted by Crippen LogP contribution is 2.31.